The number of para-hydroxylation sites is 1. The third kappa shape index (κ3) is 5.90. The van der Waals surface area contributed by atoms with Crippen molar-refractivity contribution < 1.29 is 9.53 Å². The summed E-state index contributed by atoms with van der Waals surface area (Å²) in [6.07, 6.45) is 2.15. The van der Waals surface area contributed by atoms with E-state index in [0.29, 0.717) is 29.6 Å². The molecular formula is C24H26Cl2N4O2. The van der Waals surface area contributed by atoms with Crippen LogP contribution in [-0.4, -0.2) is 52.9 Å². The number of aryl methyl sites for hydroxylation is 1. The van der Waals surface area contributed by atoms with Crippen molar-refractivity contribution in [2.24, 2.45) is 0 Å². The van der Waals surface area contributed by atoms with Gasteiger partial charge in [-0.15, -0.1) is 0 Å². The molecule has 1 aliphatic rings. The number of rotatable bonds is 7. The molecule has 1 amide bonds. The smallest absolute Gasteiger partial charge is 0.224 e. The number of nitrogens with zero attached hydrogens (tertiary/aromatic N) is 3. The lowest BCUT2D eigenvalue weighted by Crippen LogP contribution is -2.47. The molecule has 1 unspecified atom stereocenters. The van der Waals surface area contributed by atoms with Crippen LogP contribution in [-0.2, 0) is 22.5 Å². The van der Waals surface area contributed by atoms with Crippen LogP contribution in [0.25, 0.3) is 5.69 Å². The van der Waals surface area contributed by atoms with Gasteiger partial charge in [-0.3, -0.25) is 9.69 Å². The number of hydrogen-bond acceptors (Lipinski definition) is 4. The van der Waals surface area contributed by atoms with Crippen molar-refractivity contribution in [3.63, 3.8) is 0 Å². The molecule has 1 saturated heterocycles. The standard InChI is InChI=1S/C24H26Cl2N4O2/c1-17-19(15-30(28-17)20-5-3-2-4-6-20)12-24(31)27-13-21-16-29(9-10-32-21)14-18-7-8-22(25)23(26)11-18/h2-8,11,15,21H,9-10,12-14,16H2,1H3,(H,27,31). The second-order valence-corrected chi connectivity index (χ2v) is 8.79. The maximum atomic E-state index is 12.6. The normalized spacial score (nSPS) is 16.8. The first-order chi connectivity index (χ1) is 15.5. The Bertz CT molecular complexity index is 1070. The summed E-state index contributed by atoms with van der Waals surface area (Å²) in [6, 6.07) is 15.6. The Morgan fingerprint density at radius 3 is 2.78 bits per heavy atom. The lowest BCUT2D eigenvalue weighted by Gasteiger charge is -2.33. The summed E-state index contributed by atoms with van der Waals surface area (Å²) in [5.74, 6) is -0.0362. The van der Waals surface area contributed by atoms with Gasteiger partial charge in [0, 0.05) is 37.9 Å². The highest BCUT2D eigenvalue weighted by molar-refractivity contribution is 6.42. The molecule has 1 N–H and O–H groups in total. The minimum atomic E-state index is -0.0522. The Morgan fingerprint density at radius 2 is 2.00 bits per heavy atom. The van der Waals surface area contributed by atoms with Gasteiger partial charge in [0.15, 0.2) is 0 Å². The van der Waals surface area contributed by atoms with Crippen molar-refractivity contribution in [2.45, 2.75) is 26.0 Å². The number of benzene rings is 2. The van der Waals surface area contributed by atoms with Crippen molar-refractivity contribution >= 4 is 29.1 Å². The number of ether oxygens (including phenoxy) is 1. The molecule has 1 fully saturated rings. The Labute approximate surface area is 198 Å². The highest BCUT2D eigenvalue weighted by atomic mass is 35.5. The third-order valence-corrected chi connectivity index (χ3v) is 6.25. The number of aromatic nitrogens is 2. The average molecular weight is 473 g/mol. The van der Waals surface area contributed by atoms with Gasteiger partial charge in [0.2, 0.25) is 5.91 Å². The van der Waals surface area contributed by atoms with Gasteiger partial charge in [-0.25, -0.2) is 4.68 Å². The molecule has 1 aromatic heterocycles. The van der Waals surface area contributed by atoms with Crippen LogP contribution in [0.1, 0.15) is 16.8 Å². The molecule has 0 aliphatic carbocycles. The minimum Gasteiger partial charge on any atom is -0.374 e. The summed E-state index contributed by atoms with van der Waals surface area (Å²) in [5, 5.41) is 8.66. The predicted octanol–water partition coefficient (Wildman–Crippen LogP) is 4.05. The molecule has 4 rings (SSSR count). The largest absolute Gasteiger partial charge is 0.374 e. The van der Waals surface area contributed by atoms with Crippen molar-refractivity contribution in [1.29, 1.82) is 0 Å². The molecule has 0 bridgehead atoms. The third-order valence-electron chi connectivity index (χ3n) is 5.51. The van der Waals surface area contributed by atoms with E-state index in [2.05, 4.69) is 15.3 Å². The maximum absolute atomic E-state index is 12.6. The Hall–Kier alpha value is -2.38. The number of nitrogens with one attached hydrogen (secondary N) is 1. The zero-order valence-electron chi connectivity index (χ0n) is 17.9. The fourth-order valence-corrected chi connectivity index (χ4v) is 4.11. The zero-order valence-corrected chi connectivity index (χ0v) is 19.4. The first-order valence-corrected chi connectivity index (χ1v) is 11.4. The van der Waals surface area contributed by atoms with E-state index in [1.54, 1.807) is 0 Å². The summed E-state index contributed by atoms with van der Waals surface area (Å²) < 4.78 is 7.66. The lowest BCUT2D eigenvalue weighted by molar-refractivity contribution is -0.121. The van der Waals surface area contributed by atoms with Crippen molar-refractivity contribution in [1.82, 2.24) is 20.0 Å². The van der Waals surface area contributed by atoms with Crippen LogP contribution in [0, 0.1) is 6.92 Å². The Morgan fingerprint density at radius 1 is 1.19 bits per heavy atom. The number of halogens is 2. The first kappa shape index (κ1) is 22.8. The van der Waals surface area contributed by atoms with Crippen molar-refractivity contribution in [2.75, 3.05) is 26.2 Å². The van der Waals surface area contributed by atoms with Crippen LogP contribution in [0.15, 0.2) is 54.7 Å². The van der Waals surface area contributed by atoms with E-state index in [4.69, 9.17) is 27.9 Å². The molecule has 0 radical (unpaired) electrons. The fourth-order valence-electron chi connectivity index (χ4n) is 3.79. The van der Waals surface area contributed by atoms with Crippen LogP contribution < -0.4 is 5.32 Å². The van der Waals surface area contributed by atoms with Gasteiger partial charge >= 0.3 is 0 Å². The fraction of sp³-hybridized carbons (Fsp3) is 0.333. The van der Waals surface area contributed by atoms with Gasteiger partial charge in [-0.05, 0) is 36.8 Å². The molecule has 6 nitrogen and oxygen atoms in total. The molecule has 168 valence electrons. The van der Waals surface area contributed by atoms with Gasteiger partial charge in [-0.2, -0.15) is 5.10 Å². The molecular weight excluding hydrogens is 447 g/mol. The van der Waals surface area contributed by atoms with Gasteiger partial charge in [-0.1, -0.05) is 47.5 Å². The highest BCUT2D eigenvalue weighted by Crippen LogP contribution is 2.23. The number of carbonyl (C=O) groups excluding carboxylic acids is 1. The van der Waals surface area contributed by atoms with Gasteiger partial charge in [0.25, 0.3) is 0 Å². The highest BCUT2D eigenvalue weighted by Gasteiger charge is 2.21. The SMILES string of the molecule is Cc1nn(-c2ccccc2)cc1CC(=O)NCC1CN(Cc2ccc(Cl)c(Cl)c2)CCO1. The van der Waals surface area contributed by atoms with E-state index in [9.17, 15) is 4.79 Å². The summed E-state index contributed by atoms with van der Waals surface area (Å²) in [6.45, 7) is 5.37. The quantitative estimate of drug-likeness (QED) is 0.563. The van der Waals surface area contributed by atoms with Crippen molar-refractivity contribution in [3.05, 3.63) is 81.6 Å². The summed E-state index contributed by atoms with van der Waals surface area (Å²) in [7, 11) is 0. The molecule has 3 aromatic rings. The zero-order chi connectivity index (χ0) is 22.5. The maximum Gasteiger partial charge on any atom is 0.224 e. The monoisotopic (exact) mass is 472 g/mol. The van der Waals surface area contributed by atoms with E-state index in [-0.39, 0.29) is 12.0 Å². The number of amides is 1. The molecule has 2 aromatic carbocycles. The number of hydrogen-bond donors (Lipinski definition) is 1. The second-order valence-electron chi connectivity index (χ2n) is 7.98. The minimum absolute atomic E-state index is 0.0362. The van der Waals surface area contributed by atoms with Gasteiger partial charge in [0.05, 0.1) is 40.6 Å². The van der Waals surface area contributed by atoms with Crippen LogP contribution in [0.4, 0.5) is 0 Å². The van der Waals surface area contributed by atoms with Gasteiger partial charge < -0.3 is 10.1 Å². The van der Waals surface area contributed by atoms with Crippen LogP contribution >= 0.6 is 23.2 Å². The molecule has 1 aliphatic heterocycles. The van der Waals surface area contributed by atoms with Crippen LogP contribution in [0.2, 0.25) is 10.0 Å². The van der Waals surface area contributed by atoms with Crippen LogP contribution in [0.3, 0.4) is 0 Å². The summed E-state index contributed by atoms with van der Waals surface area (Å²) in [4.78, 5) is 14.9. The average Bonchev–Trinajstić information content (AvgIpc) is 3.16. The second kappa shape index (κ2) is 10.5. The van der Waals surface area contributed by atoms with E-state index in [0.717, 1.165) is 42.1 Å². The van der Waals surface area contributed by atoms with Crippen LogP contribution in [0.5, 0.6) is 0 Å². The molecule has 1 atom stereocenters. The summed E-state index contributed by atoms with van der Waals surface area (Å²) >= 11 is 12.1. The summed E-state index contributed by atoms with van der Waals surface area (Å²) in [5.41, 5.74) is 3.85. The van der Waals surface area contributed by atoms with E-state index >= 15 is 0 Å². The lowest BCUT2D eigenvalue weighted by atomic mass is 10.1. The molecule has 0 spiro atoms. The van der Waals surface area contributed by atoms with E-state index < -0.39 is 0 Å². The predicted molar refractivity (Wildman–Crippen MR) is 126 cm³/mol. The van der Waals surface area contributed by atoms with E-state index in [1.165, 1.54) is 0 Å². The number of morpholine rings is 1. The van der Waals surface area contributed by atoms with Gasteiger partial charge in [0.1, 0.15) is 0 Å². The molecule has 32 heavy (non-hydrogen) atoms. The molecule has 0 saturated carbocycles. The number of carbonyl (C=O) groups is 1. The Kier molecular flexibility index (Phi) is 7.48. The van der Waals surface area contributed by atoms with E-state index in [1.807, 2.05) is 66.3 Å². The molecule has 2 heterocycles. The first-order valence-electron chi connectivity index (χ1n) is 10.6. The molecule has 8 heteroatoms. The van der Waals surface area contributed by atoms with Crippen molar-refractivity contribution in [3.8, 4) is 5.69 Å². The topological polar surface area (TPSA) is 59.4 Å². The Balaban J connectivity index is 1.27.